The van der Waals surface area contributed by atoms with E-state index in [4.69, 9.17) is 15.2 Å². The quantitative estimate of drug-likeness (QED) is 0.830. The van der Waals surface area contributed by atoms with Crippen LogP contribution in [0.15, 0.2) is 12.1 Å². The molecule has 0 spiro atoms. The van der Waals surface area contributed by atoms with Gasteiger partial charge in [-0.2, -0.15) is 0 Å². The largest absolute Gasteiger partial charge is 0.497 e. The molecule has 4 nitrogen and oxygen atoms in total. The minimum absolute atomic E-state index is 0.000921. The SMILES string of the molecule is COc1cc(C)c(C(N)C(CO)C(C)C)c(OC)c1. The molecule has 1 rings (SSSR count). The van der Waals surface area contributed by atoms with E-state index in [1.807, 2.05) is 19.1 Å². The summed E-state index contributed by atoms with van der Waals surface area (Å²) in [5.41, 5.74) is 8.30. The second kappa shape index (κ2) is 6.78. The van der Waals surface area contributed by atoms with Gasteiger partial charge in [-0.3, -0.25) is 0 Å². The van der Waals surface area contributed by atoms with Gasteiger partial charge in [0, 0.05) is 30.2 Å². The van der Waals surface area contributed by atoms with Crippen molar-refractivity contribution in [3.05, 3.63) is 23.3 Å². The highest BCUT2D eigenvalue weighted by Crippen LogP contribution is 2.36. The number of nitrogens with two attached hydrogens (primary N) is 1. The predicted octanol–water partition coefficient (Wildman–Crippen LogP) is 2.28. The second-order valence-electron chi connectivity index (χ2n) is 5.18. The molecular weight excluding hydrogens is 242 g/mol. The average Bonchev–Trinajstić information content (AvgIpc) is 2.37. The Morgan fingerprint density at radius 3 is 2.26 bits per heavy atom. The summed E-state index contributed by atoms with van der Waals surface area (Å²) in [7, 11) is 3.24. The van der Waals surface area contributed by atoms with E-state index in [-0.39, 0.29) is 18.6 Å². The summed E-state index contributed by atoms with van der Waals surface area (Å²) in [4.78, 5) is 0. The Labute approximate surface area is 115 Å². The average molecular weight is 267 g/mol. The van der Waals surface area contributed by atoms with Crippen molar-refractivity contribution < 1.29 is 14.6 Å². The number of rotatable bonds is 6. The summed E-state index contributed by atoms with van der Waals surface area (Å²) in [5, 5.41) is 9.54. The van der Waals surface area contributed by atoms with Gasteiger partial charge < -0.3 is 20.3 Å². The van der Waals surface area contributed by atoms with Crippen molar-refractivity contribution >= 4 is 0 Å². The Balaban J connectivity index is 3.24. The fourth-order valence-electron chi connectivity index (χ4n) is 2.40. The first kappa shape index (κ1) is 15.8. The molecule has 0 amide bonds. The Morgan fingerprint density at radius 2 is 1.84 bits per heavy atom. The maximum atomic E-state index is 9.54. The van der Waals surface area contributed by atoms with Crippen LogP contribution in [0.25, 0.3) is 0 Å². The van der Waals surface area contributed by atoms with Crippen molar-refractivity contribution in [2.45, 2.75) is 26.8 Å². The van der Waals surface area contributed by atoms with E-state index in [1.165, 1.54) is 0 Å². The molecule has 1 aromatic carbocycles. The molecule has 0 fully saturated rings. The highest BCUT2D eigenvalue weighted by atomic mass is 16.5. The summed E-state index contributed by atoms with van der Waals surface area (Å²) in [6.07, 6.45) is 0. The van der Waals surface area contributed by atoms with Crippen molar-refractivity contribution in [3.8, 4) is 11.5 Å². The van der Waals surface area contributed by atoms with Crippen LogP contribution in [0, 0.1) is 18.8 Å². The summed E-state index contributed by atoms with van der Waals surface area (Å²) in [6, 6.07) is 3.51. The van der Waals surface area contributed by atoms with Crippen LogP contribution in [0.2, 0.25) is 0 Å². The van der Waals surface area contributed by atoms with Crippen LogP contribution < -0.4 is 15.2 Å². The molecular formula is C15H25NO3. The van der Waals surface area contributed by atoms with Crippen LogP contribution in [0.4, 0.5) is 0 Å². The Kier molecular flexibility index (Phi) is 5.63. The zero-order valence-corrected chi connectivity index (χ0v) is 12.4. The maximum Gasteiger partial charge on any atom is 0.127 e. The van der Waals surface area contributed by atoms with Gasteiger partial charge in [0.05, 0.1) is 14.2 Å². The summed E-state index contributed by atoms with van der Waals surface area (Å²) < 4.78 is 10.7. The number of methoxy groups -OCH3 is 2. The van der Waals surface area contributed by atoms with Gasteiger partial charge in [-0.05, 0) is 24.5 Å². The fraction of sp³-hybridized carbons (Fsp3) is 0.600. The first-order valence-corrected chi connectivity index (χ1v) is 6.55. The molecule has 0 saturated heterocycles. The van der Waals surface area contributed by atoms with Crippen LogP contribution in [-0.2, 0) is 0 Å². The van der Waals surface area contributed by atoms with E-state index in [0.717, 1.165) is 16.9 Å². The van der Waals surface area contributed by atoms with E-state index in [0.29, 0.717) is 11.7 Å². The number of aliphatic hydroxyl groups is 1. The first-order chi connectivity index (χ1) is 8.96. The molecule has 4 heteroatoms. The van der Waals surface area contributed by atoms with Gasteiger partial charge in [-0.25, -0.2) is 0 Å². The Bertz CT molecular complexity index is 418. The minimum atomic E-state index is -0.258. The lowest BCUT2D eigenvalue weighted by Crippen LogP contribution is -2.29. The zero-order valence-electron chi connectivity index (χ0n) is 12.4. The molecule has 108 valence electrons. The topological polar surface area (TPSA) is 64.7 Å². The molecule has 0 aromatic heterocycles. The number of ether oxygens (including phenoxy) is 2. The standard InChI is InChI=1S/C15H25NO3/c1-9(2)12(8-17)15(16)14-10(3)6-11(18-4)7-13(14)19-5/h6-7,9,12,15,17H,8,16H2,1-5H3. The zero-order chi connectivity index (χ0) is 14.6. The lowest BCUT2D eigenvalue weighted by atomic mass is 9.83. The van der Waals surface area contributed by atoms with Gasteiger partial charge >= 0.3 is 0 Å². The number of aliphatic hydroxyl groups excluding tert-OH is 1. The number of hydrogen-bond acceptors (Lipinski definition) is 4. The Morgan fingerprint density at radius 1 is 1.21 bits per heavy atom. The number of hydrogen-bond donors (Lipinski definition) is 2. The van der Waals surface area contributed by atoms with Gasteiger partial charge in [0.25, 0.3) is 0 Å². The molecule has 0 bridgehead atoms. The van der Waals surface area contributed by atoms with E-state index < -0.39 is 0 Å². The third-order valence-electron chi connectivity index (χ3n) is 3.64. The highest BCUT2D eigenvalue weighted by molar-refractivity contribution is 5.48. The summed E-state index contributed by atoms with van der Waals surface area (Å²) in [5.74, 6) is 1.76. The van der Waals surface area contributed by atoms with Crippen LogP contribution in [0.5, 0.6) is 11.5 Å². The normalized spacial score (nSPS) is 14.3. The molecule has 1 aromatic rings. The maximum absolute atomic E-state index is 9.54. The first-order valence-electron chi connectivity index (χ1n) is 6.55. The lowest BCUT2D eigenvalue weighted by molar-refractivity contribution is 0.164. The van der Waals surface area contributed by atoms with Crippen LogP contribution in [0.1, 0.15) is 31.0 Å². The van der Waals surface area contributed by atoms with Crippen molar-refractivity contribution in [1.29, 1.82) is 0 Å². The van der Waals surface area contributed by atoms with Crippen LogP contribution in [-0.4, -0.2) is 25.9 Å². The predicted molar refractivity (Wildman–Crippen MR) is 76.6 cm³/mol. The lowest BCUT2D eigenvalue weighted by Gasteiger charge is -2.28. The van der Waals surface area contributed by atoms with Crippen molar-refractivity contribution in [3.63, 3.8) is 0 Å². The van der Waals surface area contributed by atoms with Gasteiger partial charge in [0.15, 0.2) is 0 Å². The van der Waals surface area contributed by atoms with Crippen LogP contribution in [0.3, 0.4) is 0 Å². The molecule has 0 radical (unpaired) electrons. The van der Waals surface area contributed by atoms with Gasteiger partial charge in [-0.15, -0.1) is 0 Å². The van der Waals surface area contributed by atoms with E-state index in [9.17, 15) is 5.11 Å². The summed E-state index contributed by atoms with van der Waals surface area (Å²) >= 11 is 0. The van der Waals surface area contributed by atoms with Crippen molar-refractivity contribution in [2.24, 2.45) is 17.6 Å². The van der Waals surface area contributed by atoms with Crippen LogP contribution >= 0.6 is 0 Å². The number of benzene rings is 1. The second-order valence-corrected chi connectivity index (χ2v) is 5.18. The Hall–Kier alpha value is -1.26. The molecule has 2 atom stereocenters. The fourth-order valence-corrected chi connectivity index (χ4v) is 2.40. The van der Waals surface area contributed by atoms with Crippen molar-refractivity contribution in [1.82, 2.24) is 0 Å². The molecule has 0 aliphatic carbocycles. The van der Waals surface area contributed by atoms with Gasteiger partial charge in [0.1, 0.15) is 11.5 Å². The molecule has 0 saturated carbocycles. The number of aryl methyl sites for hydroxylation is 1. The summed E-state index contributed by atoms with van der Waals surface area (Å²) in [6.45, 7) is 6.17. The monoisotopic (exact) mass is 267 g/mol. The van der Waals surface area contributed by atoms with E-state index in [1.54, 1.807) is 14.2 Å². The smallest absolute Gasteiger partial charge is 0.127 e. The molecule has 0 aliphatic heterocycles. The molecule has 3 N–H and O–H groups in total. The van der Waals surface area contributed by atoms with Crippen molar-refractivity contribution in [2.75, 3.05) is 20.8 Å². The molecule has 0 aliphatic rings. The van der Waals surface area contributed by atoms with E-state index in [2.05, 4.69) is 13.8 Å². The highest BCUT2D eigenvalue weighted by Gasteiger charge is 2.26. The minimum Gasteiger partial charge on any atom is -0.497 e. The molecule has 19 heavy (non-hydrogen) atoms. The van der Waals surface area contributed by atoms with Gasteiger partial charge in [0.2, 0.25) is 0 Å². The third kappa shape index (κ3) is 3.39. The molecule has 2 unspecified atom stereocenters. The van der Waals surface area contributed by atoms with E-state index >= 15 is 0 Å². The molecule has 0 heterocycles. The third-order valence-corrected chi connectivity index (χ3v) is 3.64. The van der Waals surface area contributed by atoms with Gasteiger partial charge in [-0.1, -0.05) is 13.8 Å².